The van der Waals surface area contributed by atoms with Crippen molar-refractivity contribution >= 4 is 17.4 Å². The van der Waals surface area contributed by atoms with E-state index in [1.54, 1.807) is 6.07 Å². The van der Waals surface area contributed by atoms with Gasteiger partial charge in [0.25, 0.3) is 0 Å². The van der Waals surface area contributed by atoms with E-state index >= 15 is 0 Å². The van der Waals surface area contributed by atoms with Crippen LogP contribution in [0.1, 0.15) is 66.6 Å². The lowest BCUT2D eigenvalue weighted by Crippen LogP contribution is -2.12. The maximum atomic E-state index is 13.0. The Morgan fingerprint density at radius 1 is 1.22 bits per heavy atom. The van der Waals surface area contributed by atoms with Gasteiger partial charge in [-0.05, 0) is 18.9 Å². The van der Waals surface area contributed by atoms with E-state index in [-0.39, 0.29) is 11.7 Å². The molecule has 1 heterocycles. The SMILES string of the molecule is CC(=O)Nc1cccc2c1C(=O)c1c-2n[nH]c1C1CCCCC1. The first-order valence-corrected chi connectivity index (χ1v) is 8.20. The summed E-state index contributed by atoms with van der Waals surface area (Å²) in [5.74, 6) is 0.195. The lowest BCUT2D eigenvalue weighted by molar-refractivity contribution is -0.114. The number of anilines is 1. The van der Waals surface area contributed by atoms with Crippen LogP contribution in [0.3, 0.4) is 0 Å². The zero-order valence-electron chi connectivity index (χ0n) is 13.1. The number of aromatic amines is 1. The van der Waals surface area contributed by atoms with Gasteiger partial charge in [-0.15, -0.1) is 0 Å². The molecular weight excluding hydrogens is 290 g/mol. The third kappa shape index (κ3) is 2.19. The van der Waals surface area contributed by atoms with E-state index in [1.807, 2.05) is 12.1 Å². The van der Waals surface area contributed by atoms with E-state index in [9.17, 15) is 9.59 Å². The van der Waals surface area contributed by atoms with Crippen molar-refractivity contribution < 1.29 is 9.59 Å². The predicted molar refractivity (Wildman–Crippen MR) is 87.6 cm³/mol. The number of nitrogens with zero attached hydrogens (tertiary/aromatic N) is 1. The van der Waals surface area contributed by atoms with Gasteiger partial charge >= 0.3 is 0 Å². The Hall–Kier alpha value is -2.43. The van der Waals surface area contributed by atoms with Crippen LogP contribution < -0.4 is 5.32 Å². The summed E-state index contributed by atoms with van der Waals surface area (Å²) in [7, 11) is 0. The van der Waals surface area contributed by atoms with Crippen molar-refractivity contribution in [2.75, 3.05) is 5.32 Å². The molecule has 0 radical (unpaired) electrons. The summed E-state index contributed by atoms with van der Waals surface area (Å²) in [4.78, 5) is 24.4. The van der Waals surface area contributed by atoms with Crippen molar-refractivity contribution in [1.82, 2.24) is 10.2 Å². The standard InChI is InChI=1S/C18H19N3O2/c1-10(22)19-13-9-5-8-12-14(13)18(23)15-16(20-21-17(12)15)11-6-3-2-4-7-11/h5,8-9,11H,2-4,6-7H2,1H3,(H,19,22)(H,20,21). The largest absolute Gasteiger partial charge is 0.326 e. The predicted octanol–water partition coefficient (Wildman–Crippen LogP) is 3.63. The summed E-state index contributed by atoms with van der Waals surface area (Å²) in [6.45, 7) is 1.45. The quantitative estimate of drug-likeness (QED) is 0.759. The number of hydrogen-bond donors (Lipinski definition) is 2. The summed E-state index contributed by atoms with van der Waals surface area (Å²) < 4.78 is 0. The van der Waals surface area contributed by atoms with Gasteiger partial charge in [0.05, 0.1) is 22.5 Å². The second kappa shape index (κ2) is 5.33. The third-order valence-electron chi connectivity index (χ3n) is 4.89. The van der Waals surface area contributed by atoms with Crippen LogP contribution >= 0.6 is 0 Å². The number of fused-ring (bicyclic) bond motifs is 3. The molecule has 23 heavy (non-hydrogen) atoms. The van der Waals surface area contributed by atoms with Gasteiger partial charge in [-0.3, -0.25) is 14.7 Å². The van der Waals surface area contributed by atoms with E-state index < -0.39 is 0 Å². The number of H-pyrrole nitrogens is 1. The second-order valence-corrected chi connectivity index (χ2v) is 6.43. The summed E-state index contributed by atoms with van der Waals surface area (Å²) in [5.41, 5.74) is 4.39. The Bertz CT molecular complexity index is 801. The minimum atomic E-state index is -0.176. The molecule has 0 bridgehead atoms. The van der Waals surface area contributed by atoms with E-state index in [0.717, 1.165) is 29.8 Å². The number of carbonyl (C=O) groups is 2. The van der Waals surface area contributed by atoms with Crippen LogP contribution in [0.25, 0.3) is 11.3 Å². The van der Waals surface area contributed by atoms with Crippen molar-refractivity contribution in [3.05, 3.63) is 35.0 Å². The maximum Gasteiger partial charge on any atom is 0.221 e. The Morgan fingerprint density at radius 2 is 2.00 bits per heavy atom. The van der Waals surface area contributed by atoms with Crippen molar-refractivity contribution in [2.45, 2.75) is 44.9 Å². The number of nitrogens with one attached hydrogen (secondary N) is 2. The summed E-state index contributed by atoms with van der Waals surface area (Å²) in [6, 6.07) is 5.52. The molecule has 1 amide bonds. The zero-order valence-corrected chi connectivity index (χ0v) is 13.1. The number of benzene rings is 1. The van der Waals surface area contributed by atoms with Gasteiger partial charge in [-0.2, -0.15) is 5.10 Å². The van der Waals surface area contributed by atoms with E-state index in [0.29, 0.717) is 22.7 Å². The van der Waals surface area contributed by atoms with Gasteiger partial charge in [0, 0.05) is 18.4 Å². The average molecular weight is 309 g/mol. The topological polar surface area (TPSA) is 74.8 Å². The Labute approximate surface area is 134 Å². The number of amides is 1. The molecule has 5 heteroatoms. The summed E-state index contributed by atoms with van der Waals surface area (Å²) >= 11 is 0. The average Bonchev–Trinajstić information content (AvgIpc) is 3.09. The molecule has 2 aromatic rings. The minimum absolute atomic E-state index is 0.0197. The molecule has 1 fully saturated rings. The maximum absolute atomic E-state index is 13.0. The highest BCUT2D eigenvalue weighted by molar-refractivity contribution is 6.25. The van der Waals surface area contributed by atoms with Crippen LogP contribution in [-0.2, 0) is 4.79 Å². The number of aromatic nitrogens is 2. The highest BCUT2D eigenvalue weighted by atomic mass is 16.1. The van der Waals surface area contributed by atoms with Crippen LogP contribution in [0.4, 0.5) is 5.69 Å². The Morgan fingerprint density at radius 3 is 2.74 bits per heavy atom. The molecule has 0 unspecified atom stereocenters. The smallest absolute Gasteiger partial charge is 0.221 e. The monoisotopic (exact) mass is 309 g/mol. The highest BCUT2D eigenvalue weighted by Gasteiger charge is 2.36. The summed E-state index contributed by atoms with van der Waals surface area (Å²) in [5, 5.41) is 10.3. The Balaban J connectivity index is 1.80. The fraction of sp³-hybridized carbons (Fsp3) is 0.389. The van der Waals surface area contributed by atoms with E-state index in [2.05, 4.69) is 15.5 Å². The van der Waals surface area contributed by atoms with E-state index in [4.69, 9.17) is 0 Å². The molecule has 1 saturated carbocycles. The van der Waals surface area contributed by atoms with Crippen LogP contribution in [0.15, 0.2) is 18.2 Å². The minimum Gasteiger partial charge on any atom is -0.326 e. The third-order valence-corrected chi connectivity index (χ3v) is 4.89. The van der Waals surface area contributed by atoms with E-state index in [1.165, 1.54) is 26.2 Å². The molecular formula is C18H19N3O2. The molecule has 1 aromatic carbocycles. The fourth-order valence-corrected chi connectivity index (χ4v) is 3.88. The molecule has 4 rings (SSSR count). The Kier molecular flexibility index (Phi) is 3.29. The molecule has 1 aromatic heterocycles. The second-order valence-electron chi connectivity index (χ2n) is 6.43. The van der Waals surface area contributed by atoms with Crippen LogP contribution in [-0.4, -0.2) is 21.9 Å². The molecule has 2 aliphatic rings. The molecule has 0 aliphatic heterocycles. The van der Waals surface area contributed by atoms with Crippen LogP contribution in [0.5, 0.6) is 0 Å². The van der Waals surface area contributed by atoms with Gasteiger partial charge < -0.3 is 5.32 Å². The first-order valence-electron chi connectivity index (χ1n) is 8.20. The van der Waals surface area contributed by atoms with Crippen molar-refractivity contribution in [2.24, 2.45) is 0 Å². The van der Waals surface area contributed by atoms with Crippen molar-refractivity contribution in [3.63, 3.8) is 0 Å². The molecule has 0 atom stereocenters. The van der Waals surface area contributed by atoms with Gasteiger partial charge in [-0.25, -0.2) is 0 Å². The first-order chi connectivity index (χ1) is 11.2. The lowest BCUT2D eigenvalue weighted by atomic mass is 9.85. The molecule has 2 aliphatic carbocycles. The van der Waals surface area contributed by atoms with Crippen LogP contribution in [0, 0.1) is 0 Å². The van der Waals surface area contributed by atoms with Crippen molar-refractivity contribution in [3.8, 4) is 11.3 Å². The van der Waals surface area contributed by atoms with Gasteiger partial charge in [0.15, 0.2) is 5.78 Å². The number of carbonyl (C=O) groups excluding carboxylic acids is 2. The molecule has 2 N–H and O–H groups in total. The highest BCUT2D eigenvalue weighted by Crippen LogP contribution is 2.44. The number of rotatable bonds is 2. The van der Waals surface area contributed by atoms with Crippen molar-refractivity contribution in [1.29, 1.82) is 0 Å². The van der Waals surface area contributed by atoms with Gasteiger partial charge in [-0.1, -0.05) is 31.4 Å². The number of hydrogen-bond acceptors (Lipinski definition) is 3. The zero-order chi connectivity index (χ0) is 16.0. The van der Waals surface area contributed by atoms with Gasteiger partial charge in [0.1, 0.15) is 5.69 Å². The normalized spacial score (nSPS) is 17.0. The first kappa shape index (κ1) is 14.2. The molecule has 0 spiro atoms. The molecule has 0 saturated heterocycles. The van der Waals surface area contributed by atoms with Crippen LogP contribution in [0.2, 0.25) is 0 Å². The van der Waals surface area contributed by atoms with Gasteiger partial charge in [0.2, 0.25) is 5.91 Å². The lowest BCUT2D eigenvalue weighted by Gasteiger charge is -2.20. The molecule has 118 valence electrons. The fourth-order valence-electron chi connectivity index (χ4n) is 3.88. The molecule has 5 nitrogen and oxygen atoms in total. The summed E-state index contributed by atoms with van der Waals surface area (Å²) in [6.07, 6.45) is 5.90. The number of ketones is 1.